The highest BCUT2D eigenvalue weighted by molar-refractivity contribution is 6.31. The van der Waals surface area contributed by atoms with Gasteiger partial charge in [0.25, 0.3) is 5.91 Å². The Bertz CT molecular complexity index is 1310. The Morgan fingerprint density at radius 1 is 1.06 bits per heavy atom. The Labute approximate surface area is 193 Å². The maximum absolute atomic E-state index is 12.8. The van der Waals surface area contributed by atoms with E-state index in [0.717, 1.165) is 28.9 Å². The largest absolute Gasteiger partial charge is 0.352 e. The van der Waals surface area contributed by atoms with E-state index in [1.54, 1.807) is 10.7 Å². The van der Waals surface area contributed by atoms with E-state index in [1.165, 1.54) is 16.7 Å². The molecule has 0 spiro atoms. The summed E-state index contributed by atoms with van der Waals surface area (Å²) in [5, 5.41) is 8.15. The normalized spacial score (nSPS) is 11.2. The molecule has 32 heavy (non-hydrogen) atoms. The number of benzene rings is 2. The van der Waals surface area contributed by atoms with Gasteiger partial charge in [0.2, 0.25) is 0 Å². The summed E-state index contributed by atoms with van der Waals surface area (Å²) in [6.45, 7) is 8.76. The summed E-state index contributed by atoms with van der Waals surface area (Å²) in [4.78, 5) is 17.6. The molecule has 0 radical (unpaired) electrons. The van der Waals surface area contributed by atoms with Gasteiger partial charge in [0.05, 0.1) is 6.20 Å². The molecule has 2 heterocycles. The maximum atomic E-state index is 12.8. The lowest BCUT2D eigenvalue weighted by atomic mass is 9.97. The van der Waals surface area contributed by atoms with Crippen molar-refractivity contribution in [2.75, 3.05) is 6.54 Å². The number of aryl methyl sites for hydroxylation is 4. The highest BCUT2D eigenvalue weighted by Gasteiger charge is 2.18. The standard InChI is InChI=1S/C26H27ClN4O/c1-16-9-10-17(2)21(13-16)14-22-18(3)30-25-23(15-29-31(25)19(22)4)26(32)28-12-11-20-7-5-6-8-24(20)27/h5-10,13,15H,11-12,14H2,1-4H3,(H,28,32). The fourth-order valence-electron chi connectivity index (χ4n) is 4.02. The molecule has 2 aromatic heterocycles. The van der Waals surface area contributed by atoms with E-state index >= 15 is 0 Å². The molecule has 6 heteroatoms. The summed E-state index contributed by atoms with van der Waals surface area (Å²) in [6.07, 6.45) is 3.05. The minimum atomic E-state index is -0.180. The van der Waals surface area contributed by atoms with Gasteiger partial charge in [0, 0.05) is 29.4 Å². The number of carbonyl (C=O) groups is 1. The highest BCUT2D eigenvalue weighted by atomic mass is 35.5. The average Bonchev–Trinajstić information content (AvgIpc) is 3.18. The van der Waals surface area contributed by atoms with Crippen LogP contribution >= 0.6 is 11.6 Å². The van der Waals surface area contributed by atoms with E-state index < -0.39 is 0 Å². The van der Waals surface area contributed by atoms with Crippen molar-refractivity contribution < 1.29 is 4.79 Å². The van der Waals surface area contributed by atoms with Gasteiger partial charge >= 0.3 is 0 Å². The first-order valence-corrected chi connectivity index (χ1v) is 11.1. The number of aromatic nitrogens is 3. The van der Waals surface area contributed by atoms with Crippen molar-refractivity contribution in [2.24, 2.45) is 0 Å². The van der Waals surface area contributed by atoms with Gasteiger partial charge in [-0.2, -0.15) is 5.10 Å². The molecule has 0 saturated carbocycles. The third-order valence-electron chi connectivity index (χ3n) is 5.96. The Morgan fingerprint density at radius 2 is 1.84 bits per heavy atom. The van der Waals surface area contributed by atoms with E-state index in [-0.39, 0.29) is 5.91 Å². The van der Waals surface area contributed by atoms with Crippen LogP contribution < -0.4 is 5.32 Å². The lowest BCUT2D eigenvalue weighted by Crippen LogP contribution is -2.26. The SMILES string of the molecule is Cc1ccc(C)c(Cc2c(C)nc3c(C(=O)NCCc4ccccc4Cl)cnn3c2C)c1. The van der Waals surface area contributed by atoms with Crippen LogP contribution in [0.25, 0.3) is 5.65 Å². The molecule has 0 aliphatic carbocycles. The number of amides is 1. The second kappa shape index (κ2) is 9.13. The van der Waals surface area contributed by atoms with E-state index in [1.807, 2.05) is 38.1 Å². The van der Waals surface area contributed by atoms with Crippen molar-refractivity contribution in [1.82, 2.24) is 19.9 Å². The number of hydrogen-bond acceptors (Lipinski definition) is 3. The topological polar surface area (TPSA) is 59.3 Å². The van der Waals surface area contributed by atoms with E-state index in [9.17, 15) is 4.79 Å². The number of hydrogen-bond donors (Lipinski definition) is 1. The van der Waals surface area contributed by atoms with Crippen molar-refractivity contribution >= 4 is 23.2 Å². The van der Waals surface area contributed by atoms with Crippen LogP contribution in [-0.4, -0.2) is 27.0 Å². The van der Waals surface area contributed by atoms with Gasteiger partial charge < -0.3 is 5.32 Å². The zero-order valence-electron chi connectivity index (χ0n) is 18.9. The fourth-order valence-corrected chi connectivity index (χ4v) is 4.25. The summed E-state index contributed by atoms with van der Waals surface area (Å²) in [5.41, 5.74) is 8.91. The molecule has 0 aliphatic rings. The van der Waals surface area contributed by atoms with Crippen molar-refractivity contribution in [1.29, 1.82) is 0 Å². The smallest absolute Gasteiger partial charge is 0.256 e. The van der Waals surface area contributed by atoms with Gasteiger partial charge in [-0.3, -0.25) is 4.79 Å². The van der Waals surface area contributed by atoms with Gasteiger partial charge in [-0.05, 0) is 62.4 Å². The molecule has 0 atom stereocenters. The zero-order valence-corrected chi connectivity index (χ0v) is 19.6. The summed E-state index contributed by atoms with van der Waals surface area (Å²) < 4.78 is 1.77. The van der Waals surface area contributed by atoms with E-state index in [4.69, 9.17) is 16.6 Å². The third kappa shape index (κ3) is 4.39. The highest BCUT2D eigenvalue weighted by Crippen LogP contribution is 2.22. The van der Waals surface area contributed by atoms with Crippen LogP contribution in [0.4, 0.5) is 0 Å². The first-order chi connectivity index (χ1) is 15.3. The van der Waals surface area contributed by atoms with Crippen LogP contribution in [-0.2, 0) is 12.8 Å². The van der Waals surface area contributed by atoms with Gasteiger partial charge in [-0.15, -0.1) is 0 Å². The second-order valence-electron chi connectivity index (χ2n) is 8.26. The lowest BCUT2D eigenvalue weighted by Gasteiger charge is -2.14. The first-order valence-electron chi connectivity index (χ1n) is 10.8. The molecule has 164 valence electrons. The summed E-state index contributed by atoms with van der Waals surface area (Å²) >= 11 is 6.21. The van der Waals surface area contributed by atoms with Gasteiger partial charge in [-0.25, -0.2) is 9.50 Å². The second-order valence-corrected chi connectivity index (χ2v) is 8.67. The Morgan fingerprint density at radius 3 is 2.62 bits per heavy atom. The van der Waals surface area contributed by atoms with Crippen molar-refractivity contribution in [3.63, 3.8) is 0 Å². The maximum Gasteiger partial charge on any atom is 0.256 e. The number of rotatable bonds is 6. The molecule has 0 saturated heterocycles. The Kier molecular flexibility index (Phi) is 6.28. The predicted octanol–water partition coefficient (Wildman–Crippen LogP) is 5.18. The van der Waals surface area contributed by atoms with Crippen LogP contribution in [0.2, 0.25) is 5.02 Å². The minimum absolute atomic E-state index is 0.180. The van der Waals surface area contributed by atoms with Crippen LogP contribution in [0.15, 0.2) is 48.7 Å². The van der Waals surface area contributed by atoms with Crippen LogP contribution in [0, 0.1) is 27.7 Å². The molecule has 1 N–H and O–H groups in total. The fraction of sp³-hybridized carbons (Fsp3) is 0.269. The Hall–Kier alpha value is -3.18. The molecule has 0 aliphatic heterocycles. The molecule has 4 rings (SSSR count). The molecule has 4 aromatic rings. The predicted molar refractivity (Wildman–Crippen MR) is 129 cm³/mol. The van der Waals surface area contributed by atoms with Crippen LogP contribution in [0.5, 0.6) is 0 Å². The molecule has 0 unspecified atom stereocenters. The number of halogens is 1. The molecular weight excluding hydrogens is 420 g/mol. The number of nitrogens with one attached hydrogen (secondary N) is 1. The molecule has 0 fully saturated rings. The average molecular weight is 447 g/mol. The minimum Gasteiger partial charge on any atom is -0.352 e. The molecule has 5 nitrogen and oxygen atoms in total. The molecule has 1 amide bonds. The molecular formula is C26H27ClN4O. The van der Waals surface area contributed by atoms with Gasteiger partial charge in [-0.1, -0.05) is 53.6 Å². The van der Waals surface area contributed by atoms with E-state index in [0.29, 0.717) is 29.2 Å². The molecule has 0 bridgehead atoms. The lowest BCUT2D eigenvalue weighted by molar-refractivity contribution is 0.0955. The zero-order chi connectivity index (χ0) is 22.8. The summed E-state index contributed by atoms with van der Waals surface area (Å²) in [7, 11) is 0. The molecule has 2 aromatic carbocycles. The van der Waals surface area contributed by atoms with Crippen molar-refractivity contribution in [2.45, 2.75) is 40.5 Å². The van der Waals surface area contributed by atoms with Crippen molar-refractivity contribution in [3.8, 4) is 0 Å². The number of nitrogens with zero attached hydrogens (tertiary/aromatic N) is 3. The summed E-state index contributed by atoms with van der Waals surface area (Å²) in [5.74, 6) is -0.180. The third-order valence-corrected chi connectivity index (χ3v) is 6.33. The van der Waals surface area contributed by atoms with Crippen LogP contribution in [0.1, 0.15) is 49.6 Å². The van der Waals surface area contributed by atoms with Gasteiger partial charge in [0.15, 0.2) is 5.65 Å². The van der Waals surface area contributed by atoms with E-state index in [2.05, 4.69) is 42.5 Å². The number of carbonyl (C=O) groups excluding carboxylic acids is 1. The van der Waals surface area contributed by atoms with Gasteiger partial charge in [0.1, 0.15) is 5.56 Å². The van der Waals surface area contributed by atoms with Crippen LogP contribution in [0.3, 0.4) is 0 Å². The monoisotopic (exact) mass is 446 g/mol. The Balaban J connectivity index is 1.56. The number of fused-ring (bicyclic) bond motifs is 1. The van der Waals surface area contributed by atoms with Crippen molar-refractivity contribution in [3.05, 3.63) is 98.5 Å². The summed E-state index contributed by atoms with van der Waals surface area (Å²) in [6, 6.07) is 14.2. The quantitative estimate of drug-likeness (QED) is 0.444. The first kappa shape index (κ1) is 22.0.